The van der Waals surface area contributed by atoms with E-state index in [1.165, 1.54) is 9.47 Å². The maximum atomic E-state index is 13.1. The Morgan fingerprint density at radius 1 is 1.26 bits per heavy atom. The zero-order chi connectivity index (χ0) is 22.4. The first-order chi connectivity index (χ1) is 15.0. The topological polar surface area (TPSA) is 121 Å². The minimum atomic E-state index is -0.628. The molecule has 10 nitrogen and oxygen atoms in total. The number of carbonyl (C=O) groups excluding carboxylic acids is 1. The number of H-pyrrole nitrogens is 1. The van der Waals surface area contributed by atoms with E-state index in [9.17, 15) is 14.4 Å². The number of carbonyl (C=O) groups is 1. The maximum Gasteiger partial charge on any atom is 0.330 e. The molecule has 0 aliphatic carbocycles. The molecule has 0 atom stereocenters. The molecule has 0 unspecified atom stereocenters. The highest BCUT2D eigenvalue weighted by Crippen LogP contribution is 2.20. The van der Waals surface area contributed by atoms with E-state index in [1.54, 1.807) is 24.5 Å². The van der Waals surface area contributed by atoms with Gasteiger partial charge in [-0.1, -0.05) is 13.3 Å². The third-order valence-corrected chi connectivity index (χ3v) is 6.31. The number of nitrogens with one attached hydrogen (secondary N) is 1. The zero-order valence-electron chi connectivity index (χ0n) is 18.2. The van der Waals surface area contributed by atoms with Crippen LogP contribution in [0.1, 0.15) is 33.1 Å². The minimum absolute atomic E-state index is 0.0446. The van der Waals surface area contributed by atoms with Crippen LogP contribution >= 0.6 is 11.3 Å². The van der Waals surface area contributed by atoms with Gasteiger partial charge in [-0.2, -0.15) is 0 Å². The first kappa shape index (κ1) is 23.0. The van der Waals surface area contributed by atoms with Crippen molar-refractivity contribution < 1.29 is 4.79 Å². The predicted molar refractivity (Wildman–Crippen MR) is 124 cm³/mol. The first-order valence-electron chi connectivity index (χ1n) is 10.8. The Hall–Kier alpha value is -2.66. The summed E-state index contributed by atoms with van der Waals surface area (Å²) < 4.78 is 1.34. The molecule has 1 saturated heterocycles. The molecule has 3 heterocycles. The molecule has 2 aromatic heterocycles. The van der Waals surface area contributed by atoms with Crippen LogP contribution in [0.25, 0.3) is 0 Å². The van der Waals surface area contributed by atoms with Gasteiger partial charge < -0.3 is 15.5 Å². The Labute approximate surface area is 185 Å². The van der Waals surface area contributed by atoms with E-state index >= 15 is 0 Å². The maximum absolute atomic E-state index is 13.1. The van der Waals surface area contributed by atoms with Crippen molar-refractivity contribution >= 4 is 33.9 Å². The molecule has 1 amide bonds. The molecule has 3 rings (SSSR count). The van der Waals surface area contributed by atoms with Crippen LogP contribution in [0.5, 0.6) is 0 Å². The predicted octanol–water partition coefficient (Wildman–Crippen LogP) is 0.941. The molecule has 0 saturated carbocycles. The van der Waals surface area contributed by atoms with E-state index in [1.807, 2.05) is 12.3 Å². The first-order valence-corrected chi connectivity index (χ1v) is 11.6. The summed E-state index contributed by atoms with van der Waals surface area (Å²) in [4.78, 5) is 50.3. The summed E-state index contributed by atoms with van der Waals surface area (Å²) in [6.07, 6.45) is 4.35. The molecular formula is C20H31N7O3S. The van der Waals surface area contributed by atoms with Crippen LogP contribution in [-0.2, 0) is 11.3 Å². The highest BCUT2D eigenvalue weighted by Gasteiger charge is 2.25. The Morgan fingerprint density at radius 3 is 2.74 bits per heavy atom. The lowest BCUT2D eigenvalue weighted by Gasteiger charge is -2.27. The molecule has 1 aliphatic heterocycles. The van der Waals surface area contributed by atoms with Gasteiger partial charge in [-0.3, -0.25) is 24.0 Å². The van der Waals surface area contributed by atoms with Gasteiger partial charge in [0.05, 0.1) is 6.54 Å². The summed E-state index contributed by atoms with van der Waals surface area (Å²) in [7, 11) is 0. The number of nitrogens with two attached hydrogens (primary N) is 1. The number of rotatable bonds is 8. The van der Waals surface area contributed by atoms with Gasteiger partial charge in [0.25, 0.3) is 5.56 Å². The second kappa shape index (κ2) is 10.6. The molecule has 0 spiro atoms. The van der Waals surface area contributed by atoms with E-state index in [4.69, 9.17) is 5.73 Å². The summed E-state index contributed by atoms with van der Waals surface area (Å²) in [6, 6.07) is 0. The minimum Gasteiger partial charge on any atom is -0.383 e. The zero-order valence-corrected chi connectivity index (χ0v) is 19.0. The van der Waals surface area contributed by atoms with E-state index in [0.29, 0.717) is 6.54 Å². The number of hydrogen-bond acceptors (Lipinski definition) is 8. The second-order valence-electron chi connectivity index (χ2n) is 7.57. The Bertz CT molecular complexity index is 986. The summed E-state index contributed by atoms with van der Waals surface area (Å²) >= 11 is 1.61. The Balaban J connectivity index is 1.74. The molecule has 11 heteroatoms. The van der Waals surface area contributed by atoms with Crippen LogP contribution in [0.3, 0.4) is 0 Å². The van der Waals surface area contributed by atoms with Crippen LogP contribution in [0.4, 0.5) is 16.6 Å². The van der Waals surface area contributed by atoms with Gasteiger partial charge >= 0.3 is 5.69 Å². The van der Waals surface area contributed by atoms with Crippen molar-refractivity contribution in [3.63, 3.8) is 0 Å². The molecule has 0 bridgehead atoms. The van der Waals surface area contributed by atoms with Crippen molar-refractivity contribution in [3.8, 4) is 0 Å². The number of aromatic amines is 1. The van der Waals surface area contributed by atoms with Gasteiger partial charge in [0.15, 0.2) is 10.8 Å². The van der Waals surface area contributed by atoms with Crippen LogP contribution in [0.2, 0.25) is 0 Å². The number of hydrogen-bond donors (Lipinski definition) is 2. The van der Waals surface area contributed by atoms with E-state index in [0.717, 1.165) is 50.6 Å². The highest BCUT2D eigenvalue weighted by atomic mass is 32.1. The number of aromatic nitrogens is 3. The number of nitrogen functional groups attached to an aromatic ring is 1. The summed E-state index contributed by atoms with van der Waals surface area (Å²) in [5, 5.41) is 2.96. The van der Waals surface area contributed by atoms with Crippen LogP contribution in [0.15, 0.2) is 21.2 Å². The summed E-state index contributed by atoms with van der Waals surface area (Å²) in [5.74, 6) is -0.161. The number of amides is 1. The van der Waals surface area contributed by atoms with E-state index in [-0.39, 0.29) is 30.5 Å². The monoisotopic (exact) mass is 449 g/mol. The Morgan fingerprint density at radius 2 is 2.06 bits per heavy atom. The number of thiazole rings is 1. The van der Waals surface area contributed by atoms with E-state index < -0.39 is 11.2 Å². The molecular weight excluding hydrogens is 418 g/mol. The second-order valence-corrected chi connectivity index (χ2v) is 8.44. The van der Waals surface area contributed by atoms with Crippen molar-refractivity contribution in [2.45, 2.75) is 39.7 Å². The Kier molecular flexibility index (Phi) is 7.85. The average molecular weight is 450 g/mol. The SMILES string of the molecule is CCCCn1c(N)c(N(CC)C(=O)CN2CCCN(c3nccs3)CC2)c(=O)[nH]c1=O. The highest BCUT2D eigenvalue weighted by molar-refractivity contribution is 7.13. The number of anilines is 3. The van der Waals surface area contributed by atoms with Crippen molar-refractivity contribution in [1.29, 1.82) is 0 Å². The van der Waals surface area contributed by atoms with Crippen molar-refractivity contribution in [3.05, 3.63) is 32.4 Å². The molecule has 31 heavy (non-hydrogen) atoms. The van der Waals surface area contributed by atoms with Gasteiger partial charge in [0.2, 0.25) is 5.91 Å². The van der Waals surface area contributed by atoms with Crippen LogP contribution < -0.4 is 26.8 Å². The summed E-state index contributed by atoms with van der Waals surface area (Å²) in [6.45, 7) is 7.87. The molecule has 170 valence electrons. The van der Waals surface area contributed by atoms with Crippen molar-refractivity contribution in [1.82, 2.24) is 19.4 Å². The van der Waals surface area contributed by atoms with Crippen molar-refractivity contribution in [2.75, 3.05) is 54.8 Å². The summed E-state index contributed by atoms with van der Waals surface area (Å²) in [5.41, 5.74) is 5.08. The fourth-order valence-electron chi connectivity index (χ4n) is 3.80. The lowest BCUT2D eigenvalue weighted by molar-refractivity contribution is -0.119. The molecule has 0 aromatic carbocycles. The smallest absolute Gasteiger partial charge is 0.330 e. The lowest BCUT2D eigenvalue weighted by atomic mass is 10.3. The fraction of sp³-hybridized carbons (Fsp3) is 0.600. The largest absolute Gasteiger partial charge is 0.383 e. The van der Waals surface area contributed by atoms with E-state index in [2.05, 4.69) is 19.8 Å². The molecule has 1 fully saturated rings. The standard InChI is InChI=1S/C20H31N7O3S/c1-3-5-10-27-17(21)16(18(29)23-19(27)30)26(4-2)15(28)14-24-8-6-9-25(12-11-24)20-22-7-13-31-20/h7,13H,3-6,8-12,14,21H2,1-2H3,(H,23,29,30). The molecule has 0 radical (unpaired) electrons. The normalized spacial score (nSPS) is 15.1. The van der Waals surface area contributed by atoms with Gasteiger partial charge in [0, 0.05) is 50.8 Å². The van der Waals surface area contributed by atoms with Crippen LogP contribution in [-0.4, -0.2) is 64.6 Å². The third-order valence-electron chi connectivity index (χ3n) is 5.47. The number of nitrogens with zero attached hydrogens (tertiary/aromatic N) is 5. The molecule has 1 aliphatic rings. The van der Waals surface area contributed by atoms with Gasteiger partial charge in [-0.25, -0.2) is 9.78 Å². The average Bonchev–Trinajstić information content (AvgIpc) is 3.18. The van der Waals surface area contributed by atoms with Crippen molar-refractivity contribution in [2.24, 2.45) is 0 Å². The fourth-order valence-corrected chi connectivity index (χ4v) is 4.50. The lowest BCUT2D eigenvalue weighted by Crippen LogP contribution is -2.45. The quantitative estimate of drug-likeness (QED) is 0.615. The molecule has 2 aromatic rings. The third kappa shape index (κ3) is 5.34. The number of unbranched alkanes of at least 4 members (excludes halogenated alkanes) is 1. The van der Waals surface area contributed by atoms with Gasteiger partial charge in [-0.05, 0) is 19.8 Å². The van der Waals surface area contributed by atoms with Gasteiger partial charge in [-0.15, -0.1) is 11.3 Å². The van der Waals surface area contributed by atoms with Gasteiger partial charge in [0.1, 0.15) is 5.82 Å². The molecule has 3 N–H and O–H groups in total. The van der Waals surface area contributed by atoms with Crippen LogP contribution in [0, 0.1) is 0 Å². The number of likely N-dealkylation sites (N-methyl/N-ethyl adjacent to an activating group) is 1.